The second-order valence-corrected chi connectivity index (χ2v) is 4.18. The number of aromatic nitrogens is 2. The van der Waals surface area contributed by atoms with Crippen molar-refractivity contribution in [2.24, 2.45) is 12.2 Å². The van der Waals surface area contributed by atoms with Gasteiger partial charge in [-0.3, -0.25) is 14.8 Å². The van der Waals surface area contributed by atoms with Crippen LogP contribution in [-0.2, 0) is 11.9 Å². The molecule has 0 unspecified atom stereocenters. The van der Waals surface area contributed by atoms with Gasteiger partial charge in [0.25, 0.3) is 0 Å². The molecule has 9 heteroatoms. The molecule has 0 aliphatic rings. The number of aryl methyl sites for hydroxylation is 1. The summed E-state index contributed by atoms with van der Waals surface area (Å²) in [7, 11) is 2.99. The molecule has 2 rings (SSSR count). The minimum Gasteiger partial charge on any atom is -0.497 e. The molecule has 2 aromatic rings. The van der Waals surface area contributed by atoms with Gasteiger partial charge in [0.2, 0.25) is 5.69 Å². The van der Waals surface area contributed by atoms with Crippen LogP contribution >= 0.6 is 0 Å². The Bertz CT molecular complexity index is 738. The largest absolute Gasteiger partial charge is 0.497 e. The minimum absolute atomic E-state index is 0.407. The number of hydrogen-bond acceptors (Lipinski definition) is 7. The lowest BCUT2D eigenvalue weighted by Crippen LogP contribution is -2.05. The molecular formula is C13H12N4O5. The number of rotatable bonds is 5. The summed E-state index contributed by atoms with van der Waals surface area (Å²) < 4.78 is 6.19. The normalized spacial score (nSPS) is 10.6. The summed E-state index contributed by atoms with van der Waals surface area (Å²) in [6, 6.07) is 6.90. The maximum Gasteiger partial charge on any atom is 0.392 e. The van der Waals surface area contributed by atoms with Crippen LogP contribution in [-0.4, -0.2) is 34.0 Å². The van der Waals surface area contributed by atoms with Crippen molar-refractivity contribution in [2.75, 3.05) is 7.11 Å². The first-order chi connectivity index (χ1) is 10.5. The van der Waals surface area contributed by atoms with Crippen LogP contribution in [0.2, 0.25) is 0 Å². The highest BCUT2D eigenvalue weighted by atomic mass is 16.7. The van der Waals surface area contributed by atoms with Gasteiger partial charge in [-0.1, -0.05) is 17.3 Å². The van der Waals surface area contributed by atoms with Crippen molar-refractivity contribution < 1.29 is 19.3 Å². The summed E-state index contributed by atoms with van der Waals surface area (Å²) in [6.07, 6.45) is 2.40. The Kier molecular flexibility index (Phi) is 4.47. The Morgan fingerprint density at radius 1 is 1.50 bits per heavy atom. The fourth-order valence-electron chi connectivity index (χ4n) is 1.66. The quantitative estimate of drug-likeness (QED) is 0.358. The number of nitro groups is 1. The third kappa shape index (κ3) is 3.45. The van der Waals surface area contributed by atoms with Gasteiger partial charge >= 0.3 is 11.7 Å². The monoisotopic (exact) mass is 304 g/mol. The van der Waals surface area contributed by atoms with E-state index in [1.54, 1.807) is 24.3 Å². The molecule has 114 valence electrons. The fourth-order valence-corrected chi connectivity index (χ4v) is 1.66. The van der Waals surface area contributed by atoms with Gasteiger partial charge in [-0.25, -0.2) is 4.79 Å². The summed E-state index contributed by atoms with van der Waals surface area (Å²) in [5.74, 6) is -0.387. The highest BCUT2D eigenvalue weighted by molar-refractivity contribution is 5.92. The third-order valence-electron chi connectivity index (χ3n) is 2.63. The van der Waals surface area contributed by atoms with Crippen molar-refractivity contribution >= 4 is 17.9 Å². The van der Waals surface area contributed by atoms with E-state index < -0.39 is 22.3 Å². The van der Waals surface area contributed by atoms with Crippen LogP contribution in [0.15, 0.2) is 35.6 Å². The zero-order valence-corrected chi connectivity index (χ0v) is 11.8. The first kappa shape index (κ1) is 15.2. The first-order valence-electron chi connectivity index (χ1n) is 6.08. The van der Waals surface area contributed by atoms with Crippen LogP contribution in [0.1, 0.15) is 16.1 Å². The second-order valence-electron chi connectivity index (χ2n) is 4.18. The van der Waals surface area contributed by atoms with Gasteiger partial charge in [0.15, 0.2) is 0 Å². The number of oxime groups is 1. The van der Waals surface area contributed by atoms with Gasteiger partial charge in [0.05, 0.1) is 18.2 Å². The van der Waals surface area contributed by atoms with E-state index in [1.807, 2.05) is 0 Å². The van der Waals surface area contributed by atoms with Crippen molar-refractivity contribution in [3.63, 3.8) is 0 Å². The lowest BCUT2D eigenvalue weighted by Gasteiger charge is -1.99. The molecule has 0 bridgehead atoms. The lowest BCUT2D eigenvalue weighted by atomic mass is 10.2. The van der Waals surface area contributed by atoms with E-state index >= 15 is 0 Å². The molecule has 0 aliphatic heterocycles. The number of ether oxygens (including phenoxy) is 1. The van der Waals surface area contributed by atoms with Crippen LogP contribution in [0.3, 0.4) is 0 Å². The maximum absolute atomic E-state index is 11.8. The van der Waals surface area contributed by atoms with E-state index in [0.717, 1.165) is 10.9 Å². The van der Waals surface area contributed by atoms with Gasteiger partial charge < -0.3 is 9.57 Å². The Balaban J connectivity index is 2.09. The fraction of sp³-hybridized carbons (Fsp3) is 0.154. The van der Waals surface area contributed by atoms with E-state index in [0.29, 0.717) is 11.3 Å². The molecule has 1 aromatic carbocycles. The van der Waals surface area contributed by atoms with E-state index in [9.17, 15) is 14.9 Å². The van der Waals surface area contributed by atoms with Crippen LogP contribution in [0.4, 0.5) is 5.69 Å². The van der Waals surface area contributed by atoms with Crippen molar-refractivity contribution in [2.45, 2.75) is 0 Å². The predicted molar refractivity (Wildman–Crippen MR) is 75.9 cm³/mol. The molecule has 9 nitrogen and oxygen atoms in total. The topological polar surface area (TPSA) is 109 Å². The van der Waals surface area contributed by atoms with Gasteiger partial charge in [0.1, 0.15) is 11.9 Å². The molecule has 0 saturated carbocycles. The van der Waals surface area contributed by atoms with Crippen molar-refractivity contribution in [1.29, 1.82) is 0 Å². The third-order valence-corrected chi connectivity index (χ3v) is 2.63. The number of hydrogen-bond donors (Lipinski definition) is 0. The first-order valence-corrected chi connectivity index (χ1v) is 6.08. The van der Waals surface area contributed by atoms with Gasteiger partial charge in [-0.2, -0.15) is 5.10 Å². The standard InChI is InChI=1S/C13H12N4O5/c1-16-8-11(17(19)20)12(15-16)13(18)22-14-7-9-4-3-5-10(6-9)21-2/h3-8H,1-2H3. The summed E-state index contributed by atoms with van der Waals surface area (Å²) in [5.41, 5.74) is -0.206. The molecule has 0 amide bonds. The molecule has 0 aliphatic carbocycles. The van der Waals surface area contributed by atoms with E-state index in [1.165, 1.54) is 20.4 Å². The van der Waals surface area contributed by atoms with E-state index in [4.69, 9.17) is 4.74 Å². The van der Waals surface area contributed by atoms with Crippen LogP contribution in [0, 0.1) is 10.1 Å². The van der Waals surface area contributed by atoms with Gasteiger partial charge in [-0.15, -0.1) is 0 Å². The molecule has 0 atom stereocenters. The van der Waals surface area contributed by atoms with E-state index in [2.05, 4.69) is 15.1 Å². The smallest absolute Gasteiger partial charge is 0.392 e. The van der Waals surface area contributed by atoms with Crippen LogP contribution in [0.25, 0.3) is 0 Å². The number of carbonyl (C=O) groups excluding carboxylic acids is 1. The minimum atomic E-state index is -1.01. The average Bonchev–Trinajstić information content (AvgIpc) is 2.90. The molecule has 1 heterocycles. The van der Waals surface area contributed by atoms with Crippen LogP contribution in [0.5, 0.6) is 5.75 Å². The lowest BCUT2D eigenvalue weighted by molar-refractivity contribution is -0.385. The Labute approximate surface area is 124 Å². The van der Waals surface area contributed by atoms with Crippen molar-refractivity contribution in [3.8, 4) is 5.75 Å². The summed E-state index contributed by atoms with van der Waals surface area (Å²) >= 11 is 0. The number of methoxy groups -OCH3 is 1. The summed E-state index contributed by atoms with van der Waals surface area (Å²) in [4.78, 5) is 26.5. The van der Waals surface area contributed by atoms with Gasteiger partial charge in [-0.05, 0) is 17.7 Å². The number of benzene rings is 1. The van der Waals surface area contributed by atoms with Crippen molar-refractivity contribution in [3.05, 3.63) is 51.8 Å². The molecule has 0 N–H and O–H groups in total. The Morgan fingerprint density at radius 3 is 2.95 bits per heavy atom. The molecular weight excluding hydrogens is 292 g/mol. The SMILES string of the molecule is COc1cccc(C=NOC(=O)c2nn(C)cc2[N+](=O)[O-])c1. The summed E-state index contributed by atoms with van der Waals surface area (Å²) in [5, 5.41) is 18.0. The zero-order valence-electron chi connectivity index (χ0n) is 11.8. The molecule has 0 radical (unpaired) electrons. The van der Waals surface area contributed by atoms with Crippen molar-refractivity contribution in [1.82, 2.24) is 9.78 Å². The second kappa shape index (κ2) is 6.48. The molecule has 0 saturated heterocycles. The average molecular weight is 304 g/mol. The number of nitrogens with zero attached hydrogens (tertiary/aromatic N) is 4. The Morgan fingerprint density at radius 2 is 2.27 bits per heavy atom. The number of carbonyl (C=O) groups is 1. The predicted octanol–water partition coefficient (Wildman–Crippen LogP) is 1.53. The van der Waals surface area contributed by atoms with Gasteiger partial charge in [0, 0.05) is 7.05 Å². The highest BCUT2D eigenvalue weighted by Gasteiger charge is 2.26. The summed E-state index contributed by atoms with van der Waals surface area (Å²) in [6.45, 7) is 0. The molecule has 0 spiro atoms. The zero-order chi connectivity index (χ0) is 16.1. The van der Waals surface area contributed by atoms with Crippen LogP contribution < -0.4 is 4.74 Å². The Hall–Kier alpha value is -3.23. The molecule has 22 heavy (non-hydrogen) atoms. The van der Waals surface area contributed by atoms with E-state index in [-0.39, 0.29) is 0 Å². The highest BCUT2D eigenvalue weighted by Crippen LogP contribution is 2.17. The maximum atomic E-state index is 11.8. The molecule has 0 fully saturated rings. The molecule has 1 aromatic heterocycles.